The summed E-state index contributed by atoms with van der Waals surface area (Å²) >= 11 is 0. The van der Waals surface area contributed by atoms with Crippen LogP contribution in [0, 0.1) is 16.5 Å². The highest BCUT2D eigenvalue weighted by molar-refractivity contribution is 5.96. The lowest BCUT2D eigenvalue weighted by Gasteiger charge is -2.30. The van der Waals surface area contributed by atoms with E-state index in [1.165, 1.54) is 19.5 Å². The van der Waals surface area contributed by atoms with Crippen molar-refractivity contribution in [2.45, 2.75) is 25.3 Å². The first-order valence-electron chi connectivity index (χ1n) is 11.5. The molecule has 1 saturated heterocycles. The number of likely N-dealkylation sites (tertiary alicyclic amines) is 1. The Kier molecular flexibility index (Phi) is 7.10. The van der Waals surface area contributed by atoms with Crippen molar-refractivity contribution < 1.29 is 19.1 Å². The molecule has 1 fully saturated rings. The fourth-order valence-electron chi connectivity index (χ4n) is 4.69. The molecule has 4 rings (SSSR count). The molecule has 180 valence electrons. The molecule has 2 unspecified atom stereocenters. The number of carbonyl (C=O) groups excluding carboxylic acids is 2. The molecule has 0 bridgehead atoms. The Hall–Kier alpha value is -4.20. The number of nitrogens with two attached hydrogens (primary N) is 1. The van der Waals surface area contributed by atoms with Crippen LogP contribution < -0.4 is 10.5 Å². The minimum atomic E-state index is -0.531. The standard InChI is InChI=1S/C27H28N4O4/c1-35-27(33)23(17-18-4-2-5-22(16-18)25(28)29)24-6-3-13-31(24)26(32)21-9-7-19(8-10-21)20-11-14-30(34)15-12-20/h2,4-5,7-12,14-16,23-24H,3,6,13,17H2,1H3,(H3,28,29). The Morgan fingerprint density at radius 3 is 2.46 bits per heavy atom. The van der Waals surface area contributed by atoms with Gasteiger partial charge in [0.25, 0.3) is 5.91 Å². The molecule has 3 N–H and O–H groups in total. The van der Waals surface area contributed by atoms with Crippen LogP contribution in [0.4, 0.5) is 0 Å². The number of methoxy groups -OCH3 is 1. The van der Waals surface area contributed by atoms with Crippen LogP contribution in [0.15, 0.2) is 73.1 Å². The fraction of sp³-hybridized carbons (Fsp3) is 0.259. The van der Waals surface area contributed by atoms with Gasteiger partial charge in [-0.2, -0.15) is 4.73 Å². The number of aromatic nitrogens is 1. The summed E-state index contributed by atoms with van der Waals surface area (Å²) < 4.78 is 5.84. The van der Waals surface area contributed by atoms with Gasteiger partial charge in [0.1, 0.15) is 5.84 Å². The number of benzene rings is 2. The third kappa shape index (κ3) is 5.32. The number of ether oxygens (including phenoxy) is 1. The van der Waals surface area contributed by atoms with E-state index < -0.39 is 5.92 Å². The van der Waals surface area contributed by atoms with Crippen LogP contribution in [0.5, 0.6) is 0 Å². The SMILES string of the molecule is COC(=O)C(Cc1cccc(C(=N)N)c1)C1CCCN1C(=O)c1ccc(-c2cc[n+]([O-])cc2)cc1. The van der Waals surface area contributed by atoms with Gasteiger partial charge in [-0.25, -0.2) is 0 Å². The van der Waals surface area contributed by atoms with E-state index in [0.717, 1.165) is 27.8 Å². The zero-order valence-corrected chi connectivity index (χ0v) is 19.5. The molecule has 2 atom stereocenters. The molecule has 0 radical (unpaired) electrons. The Labute approximate surface area is 204 Å². The molecule has 0 saturated carbocycles. The van der Waals surface area contributed by atoms with Crippen LogP contribution in [0.2, 0.25) is 0 Å². The molecular weight excluding hydrogens is 444 g/mol. The molecule has 35 heavy (non-hydrogen) atoms. The van der Waals surface area contributed by atoms with Crippen LogP contribution in [-0.4, -0.2) is 42.3 Å². The van der Waals surface area contributed by atoms with Gasteiger partial charge in [-0.1, -0.05) is 30.3 Å². The van der Waals surface area contributed by atoms with Gasteiger partial charge in [0.15, 0.2) is 12.4 Å². The van der Waals surface area contributed by atoms with E-state index in [1.807, 2.05) is 24.3 Å². The average molecular weight is 473 g/mol. The van der Waals surface area contributed by atoms with Gasteiger partial charge in [-0.15, -0.1) is 0 Å². The Balaban J connectivity index is 1.55. The fourth-order valence-corrected chi connectivity index (χ4v) is 4.69. The molecule has 1 aliphatic rings. The average Bonchev–Trinajstić information content (AvgIpc) is 3.36. The number of esters is 1. The first-order chi connectivity index (χ1) is 16.9. The molecule has 1 aliphatic heterocycles. The number of amides is 1. The number of pyridine rings is 1. The summed E-state index contributed by atoms with van der Waals surface area (Å²) in [6.45, 7) is 0.564. The number of nitrogen functional groups attached to an aromatic ring is 1. The number of nitrogens with one attached hydrogen (secondary N) is 1. The number of nitrogens with zero attached hydrogens (tertiary/aromatic N) is 2. The topological polar surface area (TPSA) is 123 Å². The van der Waals surface area contributed by atoms with Gasteiger partial charge in [0, 0.05) is 35.8 Å². The second-order valence-corrected chi connectivity index (χ2v) is 8.68. The van der Waals surface area contributed by atoms with E-state index in [2.05, 4.69) is 0 Å². The van der Waals surface area contributed by atoms with Gasteiger partial charge < -0.3 is 20.6 Å². The highest BCUT2D eigenvalue weighted by atomic mass is 16.5. The van der Waals surface area contributed by atoms with E-state index in [9.17, 15) is 14.8 Å². The summed E-state index contributed by atoms with van der Waals surface area (Å²) in [4.78, 5) is 28.0. The highest BCUT2D eigenvalue weighted by Crippen LogP contribution is 2.30. The molecule has 1 amide bonds. The second-order valence-electron chi connectivity index (χ2n) is 8.68. The zero-order valence-electron chi connectivity index (χ0n) is 19.5. The predicted molar refractivity (Wildman–Crippen MR) is 132 cm³/mol. The Bertz CT molecular complexity index is 1220. The Morgan fingerprint density at radius 1 is 1.11 bits per heavy atom. The summed E-state index contributed by atoms with van der Waals surface area (Å²) in [7, 11) is 1.36. The van der Waals surface area contributed by atoms with Gasteiger partial charge in [0.05, 0.1) is 13.0 Å². The lowest BCUT2D eigenvalue weighted by atomic mass is 9.89. The van der Waals surface area contributed by atoms with Crippen LogP contribution >= 0.6 is 0 Å². The normalized spacial score (nSPS) is 16.0. The van der Waals surface area contributed by atoms with Crippen molar-refractivity contribution in [2.24, 2.45) is 11.7 Å². The number of rotatable bonds is 7. The van der Waals surface area contributed by atoms with Crippen molar-refractivity contribution in [3.05, 3.63) is 95.0 Å². The largest absolute Gasteiger partial charge is 0.619 e. The first-order valence-corrected chi connectivity index (χ1v) is 11.5. The minimum absolute atomic E-state index is 0.0367. The van der Waals surface area contributed by atoms with Gasteiger partial charge >= 0.3 is 5.97 Å². The highest BCUT2D eigenvalue weighted by Gasteiger charge is 2.39. The van der Waals surface area contributed by atoms with Crippen LogP contribution in [0.1, 0.15) is 34.3 Å². The number of hydrogen-bond acceptors (Lipinski definition) is 5. The van der Waals surface area contributed by atoms with Crippen molar-refractivity contribution in [1.82, 2.24) is 4.90 Å². The molecule has 0 aliphatic carbocycles. The number of carbonyl (C=O) groups is 2. The quantitative estimate of drug-likeness (QED) is 0.180. The van der Waals surface area contributed by atoms with Crippen molar-refractivity contribution in [1.29, 1.82) is 5.41 Å². The van der Waals surface area contributed by atoms with Crippen LogP contribution in [0.3, 0.4) is 0 Å². The summed E-state index contributed by atoms with van der Waals surface area (Å²) in [6, 6.07) is 17.7. The Morgan fingerprint density at radius 2 is 1.80 bits per heavy atom. The second kappa shape index (κ2) is 10.4. The summed E-state index contributed by atoms with van der Waals surface area (Å²) in [5, 5.41) is 19.0. The predicted octanol–water partition coefficient (Wildman–Crippen LogP) is 2.91. The number of hydrogen-bond donors (Lipinski definition) is 2. The van der Waals surface area contributed by atoms with Crippen LogP contribution in [-0.2, 0) is 16.0 Å². The smallest absolute Gasteiger partial charge is 0.311 e. The maximum atomic E-state index is 13.4. The lowest BCUT2D eigenvalue weighted by molar-refractivity contribution is -0.605. The van der Waals surface area contributed by atoms with Gasteiger partial charge in [0.2, 0.25) is 0 Å². The maximum absolute atomic E-state index is 13.4. The minimum Gasteiger partial charge on any atom is -0.619 e. The molecule has 8 nitrogen and oxygen atoms in total. The van der Waals surface area contributed by atoms with Crippen molar-refractivity contribution in [3.63, 3.8) is 0 Å². The zero-order chi connectivity index (χ0) is 24.9. The lowest BCUT2D eigenvalue weighted by Crippen LogP contribution is -2.44. The molecular formula is C27H28N4O4. The molecule has 2 heterocycles. The van der Waals surface area contributed by atoms with Crippen molar-refractivity contribution >= 4 is 17.7 Å². The number of amidine groups is 1. The van der Waals surface area contributed by atoms with E-state index >= 15 is 0 Å². The van der Waals surface area contributed by atoms with E-state index in [0.29, 0.717) is 30.5 Å². The third-order valence-electron chi connectivity index (χ3n) is 6.49. The first kappa shape index (κ1) is 23.9. The van der Waals surface area contributed by atoms with Crippen LogP contribution in [0.25, 0.3) is 11.1 Å². The summed E-state index contributed by atoms with van der Waals surface area (Å²) in [6.07, 6.45) is 4.75. The molecule has 1 aromatic heterocycles. The molecule has 8 heteroatoms. The maximum Gasteiger partial charge on any atom is 0.311 e. The summed E-state index contributed by atoms with van der Waals surface area (Å²) in [5.74, 6) is -1.06. The molecule has 0 spiro atoms. The summed E-state index contributed by atoms with van der Waals surface area (Å²) in [5.41, 5.74) is 9.40. The van der Waals surface area contributed by atoms with Gasteiger partial charge in [-0.3, -0.25) is 15.0 Å². The van der Waals surface area contributed by atoms with Gasteiger partial charge in [-0.05, 0) is 54.2 Å². The van der Waals surface area contributed by atoms with Crippen molar-refractivity contribution in [3.8, 4) is 11.1 Å². The van der Waals surface area contributed by atoms with E-state index in [-0.39, 0.29) is 23.8 Å². The molecule has 2 aromatic carbocycles. The third-order valence-corrected chi connectivity index (χ3v) is 6.49. The van der Waals surface area contributed by atoms with E-state index in [4.69, 9.17) is 15.9 Å². The molecule has 3 aromatic rings. The monoisotopic (exact) mass is 472 g/mol. The van der Waals surface area contributed by atoms with E-state index in [1.54, 1.807) is 41.3 Å². The van der Waals surface area contributed by atoms with Crippen molar-refractivity contribution in [2.75, 3.05) is 13.7 Å².